The zero-order valence-corrected chi connectivity index (χ0v) is 18.9. The molecule has 3 aromatic rings. The van der Waals surface area contributed by atoms with Crippen molar-refractivity contribution in [2.45, 2.75) is 9.79 Å². The van der Waals surface area contributed by atoms with Gasteiger partial charge in [-0.3, -0.25) is 5.43 Å². The number of likely N-dealkylation sites (N-methyl/N-ethyl adjacent to an activating group) is 1. The fourth-order valence-electron chi connectivity index (χ4n) is 3.44. The number of amidine groups is 1. The van der Waals surface area contributed by atoms with Crippen LogP contribution in [0.5, 0.6) is 0 Å². The quantitative estimate of drug-likeness (QED) is 0.289. The first-order chi connectivity index (χ1) is 15.9. The molecule has 2 heterocycles. The van der Waals surface area contributed by atoms with Crippen LogP contribution >= 0.6 is 11.8 Å². The Bertz CT molecular complexity index is 1130. The van der Waals surface area contributed by atoms with Gasteiger partial charge < -0.3 is 21.3 Å². The number of rotatable bonds is 6. The molecule has 0 spiro atoms. The predicted octanol–water partition coefficient (Wildman–Crippen LogP) is 3.58. The minimum atomic E-state index is -0.648. The monoisotopic (exact) mass is 469 g/mol. The highest BCUT2D eigenvalue weighted by atomic mass is 32.2. The number of aromatic nitrogens is 1. The van der Waals surface area contributed by atoms with Crippen LogP contribution in [0.1, 0.15) is 5.56 Å². The van der Waals surface area contributed by atoms with Gasteiger partial charge in [-0.25, -0.2) is 13.8 Å². The maximum atomic E-state index is 13.5. The van der Waals surface area contributed by atoms with Gasteiger partial charge in [0.15, 0.2) is 5.84 Å². The average Bonchev–Trinajstić information content (AvgIpc) is 2.79. The van der Waals surface area contributed by atoms with Crippen LogP contribution in [-0.2, 0) is 0 Å². The van der Waals surface area contributed by atoms with Crippen LogP contribution in [-0.4, -0.2) is 48.9 Å². The smallest absolute Gasteiger partial charge is 0.154 e. The molecule has 0 atom stereocenters. The first-order valence-corrected chi connectivity index (χ1v) is 11.2. The summed E-state index contributed by atoms with van der Waals surface area (Å²) in [5, 5.41) is 4.23. The number of halogens is 2. The Kier molecular flexibility index (Phi) is 6.95. The fourth-order valence-corrected chi connectivity index (χ4v) is 4.33. The predicted molar refractivity (Wildman–Crippen MR) is 130 cm³/mol. The summed E-state index contributed by atoms with van der Waals surface area (Å²) < 4.78 is 26.9. The van der Waals surface area contributed by atoms with Gasteiger partial charge in [0.05, 0.1) is 11.3 Å². The maximum absolute atomic E-state index is 13.5. The summed E-state index contributed by atoms with van der Waals surface area (Å²) in [4.78, 5) is 9.83. The number of hydrazone groups is 1. The van der Waals surface area contributed by atoms with Gasteiger partial charge in [0, 0.05) is 53.9 Å². The summed E-state index contributed by atoms with van der Waals surface area (Å²) in [7, 11) is 2.13. The molecule has 0 amide bonds. The largest absolute Gasteiger partial charge is 0.383 e. The molecule has 1 aromatic heterocycles. The number of piperazine rings is 1. The van der Waals surface area contributed by atoms with Gasteiger partial charge in [-0.1, -0.05) is 11.8 Å². The molecule has 0 unspecified atom stereocenters. The molecule has 0 saturated carbocycles. The molecule has 0 bridgehead atoms. The highest BCUT2D eigenvalue weighted by Gasteiger charge is 2.14. The number of hydrogen-bond acceptors (Lipinski definition) is 7. The van der Waals surface area contributed by atoms with E-state index >= 15 is 0 Å². The molecule has 1 aliphatic rings. The Hall–Kier alpha value is -3.37. The molecule has 2 aromatic carbocycles. The van der Waals surface area contributed by atoms with Crippen molar-refractivity contribution in [3.8, 4) is 0 Å². The van der Waals surface area contributed by atoms with E-state index in [-0.39, 0.29) is 11.7 Å². The number of nitrogens with zero attached hydrogens (tertiary/aromatic N) is 4. The first-order valence-electron chi connectivity index (χ1n) is 10.4. The molecule has 1 aliphatic heterocycles. The molecule has 10 heteroatoms. The minimum Gasteiger partial charge on any atom is -0.383 e. The van der Waals surface area contributed by atoms with Crippen molar-refractivity contribution in [3.05, 3.63) is 71.9 Å². The van der Waals surface area contributed by atoms with Crippen molar-refractivity contribution in [3.63, 3.8) is 0 Å². The summed E-state index contributed by atoms with van der Waals surface area (Å²) in [6.07, 6.45) is 1.52. The second kappa shape index (κ2) is 10.1. The normalized spacial score (nSPS) is 15.0. The van der Waals surface area contributed by atoms with Crippen molar-refractivity contribution >= 4 is 34.8 Å². The van der Waals surface area contributed by atoms with Crippen LogP contribution in [0.2, 0.25) is 0 Å². The lowest BCUT2D eigenvalue weighted by molar-refractivity contribution is 0.313. The van der Waals surface area contributed by atoms with Crippen LogP contribution in [0.15, 0.2) is 69.6 Å². The third-order valence-corrected chi connectivity index (χ3v) is 6.21. The number of pyridine rings is 1. The van der Waals surface area contributed by atoms with Crippen molar-refractivity contribution < 1.29 is 8.78 Å². The molecule has 33 heavy (non-hydrogen) atoms. The standard InChI is InChI=1S/C23H25F2N7S/c1-31-6-8-32(9-7-31)18-4-2-17(3-5-18)29-30-23(27)21-13-20(14-28-22(21)26)33-19-11-15(24)10-16(25)12-19/h2-5,10-14,29H,6-9H2,1H3,(H2,26,28)(H2,27,30). The van der Waals surface area contributed by atoms with E-state index in [9.17, 15) is 8.78 Å². The summed E-state index contributed by atoms with van der Waals surface area (Å²) in [6, 6.07) is 13.0. The van der Waals surface area contributed by atoms with Crippen LogP contribution in [0, 0.1) is 11.6 Å². The highest BCUT2D eigenvalue weighted by Crippen LogP contribution is 2.30. The van der Waals surface area contributed by atoms with E-state index in [0.29, 0.717) is 15.4 Å². The Labute approximate surface area is 195 Å². The van der Waals surface area contributed by atoms with E-state index in [0.717, 1.165) is 55.4 Å². The summed E-state index contributed by atoms with van der Waals surface area (Å²) in [5.74, 6) is -0.940. The lowest BCUT2D eigenvalue weighted by Gasteiger charge is -2.34. The number of nitrogens with two attached hydrogens (primary N) is 2. The topological polar surface area (TPSA) is 95.8 Å². The molecular weight excluding hydrogens is 444 g/mol. The zero-order chi connectivity index (χ0) is 23.4. The summed E-state index contributed by atoms with van der Waals surface area (Å²) in [6.45, 7) is 4.08. The van der Waals surface area contributed by atoms with Crippen molar-refractivity contribution in [1.82, 2.24) is 9.88 Å². The molecule has 1 saturated heterocycles. The van der Waals surface area contributed by atoms with Crippen LogP contribution in [0.4, 0.5) is 26.0 Å². The SMILES string of the molecule is CN1CCN(c2ccc(NN=C(N)c3cc(Sc4cc(F)cc(F)c4)cnc3N)cc2)CC1. The molecule has 0 aliphatic carbocycles. The van der Waals surface area contributed by atoms with Gasteiger partial charge in [-0.2, -0.15) is 5.10 Å². The van der Waals surface area contributed by atoms with Gasteiger partial charge in [0.25, 0.3) is 0 Å². The van der Waals surface area contributed by atoms with Gasteiger partial charge in [-0.15, -0.1) is 0 Å². The Morgan fingerprint density at radius 1 is 1.00 bits per heavy atom. The number of hydrogen-bond donors (Lipinski definition) is 3. The van der Waals surface area contributed by atoms with Crippen LogP contribution in [0.3, 0.4) is 0 Å². The minimum absolute atomic E-state index is 0.149. The second-order valence-electron chi connectivity index (χ2n) is 7.76. The van der Waals surface area contributed by atoms with E-state index < -0.39 is 11.6 Å². The molecule has 5 N–H and O–H groups in total. The zero-order valence-electron chi connectivity index (χ0n) is 18.1. The van der Waals surface area contributed by atoms with Gasteiger partial charge in [0.1, 0.15) is 17.5 Å². The molecule has 0 radical (unpaired) electrons. The Morgan fingerprint density at radius 2 is 1.67 bits per heavy atom. The molecule has 172 valence electrons. The van der Waals surface area contributed by atoms with Crippen LogP contribution in [0.25, 0.3) is 0 Å². The lowest BCUT2D eigenvalue weighted by Crippen LogP contribution is -2.44. The van der Waals surface area contributed by atoms with E-state index in [1.807, 2.05) is 24.3 Å². The molecule has 1 fully saturated rings. The number of anilines is 3. The third kappa shape index (κ3) is 5.91. The Morgan fingerprint density at radius 3 is 2.33 bits per heavy atom. The lowest BCUT2D eigenvalue weighted by atomic mass is 10.2. The summed E-state index contributed by atoms with van der Waals surface area (Å²) in [5.41, 5.74) is 17.4. The first kappa shape index (κ1) is 22.8. The summed E-state index contributed by atoms with van der Waals surface area (Å²) >= 11 is 1.15. The number of benzene rings is 2. The van der Waals surface area contributed by atoms with Crippen molar-refractivity contribution in [2.75, 3.05) is 49.3 Å². The number of nitrogen functional groups attached to an aromatic ring is 1. The second-order valence-corrected chi connectivity index (χ2v) is 8.90. The van der Waals surface area contributed by atoms with E-state index in [1.54, 1.807) is 6.07 Å². The maximum Gasteiger partial charge on any atom is 0.154 e. The van der Waals surface area contributed by atoms with Gasteiger partial charge in [0.2, 0.25) is 0 Å². The van der Waals surface area contributed by atoms with Crippen molar-refractivity contribution in [1.29, 1.82) is 0 Å². The molecular formula is C23H25F2N7S. The highest BCUT2D eigenvalue weighted by molar-refractivity contribution is 7.99. The van der Waals surface area contributed by atoms with Gasteiger partial charge >= 0.3 is 0 Å². The van der Waals surface area contributed by atoms with Gasteiger partial charge in [-0.05, 0) is 49.5 Å². The van der Waals surface area contributed by atoms with E-state index in [1.165, 1.54) is 18.3 Å². The van der Waals surface area contributed by atoms with E-state index in [4.69, 9.17) is 11.5 Å². The fraction of sp³-hybridized carbons (Fsp3) is 0.217. The Balaban J connectivity index is 1.44. The van der Waals surface area contributed by atoms with Crippen molar-refractivity contribution in [2.24, 2.45) is 10.8 Å². The van der Waals surface area contributed by atoms with Crippen LogP contribution < -0.4 is 21.8 Å². The van der Waals surface area contributed by atoms with E-state index in [2.05, 4.69) is 32.4 Å². The molecule has 4 rings (SSSR count). The third-order valence-electron chi connectivity index (χ3n) is 5.28. The number of nitrogens with one attached hydrogen (secondary N) is 1. The average molecular weight is 470 g/mol. The molecule has 7 nitrogen and oxygen atoms in total.